The molecule has 1 unspecified atom stereocenters. The standard InChI is InChI=1S/C9H18O3S/c1-4-12-8-5-6-13(10,11)9(2,3)7-8/h8H,4-7H2,1-3H3. The Hall–Kier alpha value is -0.0900. The molecule has 3 nitrogen and oxygen atoms in total. The summed E-state index contributed by atoms with van der Waals surface area (Å²) in [5.74, 6) is 0.269. The third-order valence-corrected chi connectivity index (χ3v) is 5.30. The van der Waals surface area contributed by atoms with E-state index in [1.165, 1.54) is 0 Å². The lowest BCUT2D eigenvalue weighted by molar-refractivity contribution is 0.0446. The van der Waals surface area contributed by atoms with E-state index in [4.69, 9.17) is 4.74 Å². The average Bonchev–Trinajstić information content (AvgIpc) is 1.98. The van der Waals surface area contributed by atoms with Crippen molar-refractivity contribution in [3.05, 3.63) is 0 Å². The topological polar surface area (TPSA) is 43.4 Å². The molecule has 1 heterocycles. The number of ether oxygens (including phenoxy) is 1. The molecule has 13 heavy (non-hydrogen) atoms. The SMILES string of the molecule is CCOC1CCS(=O)(=O)C(C)(C)C1. The van der Waals surface area contributed by atoms with Gasteiger partial charge in [-0.3, -0.25) is 0 Å². The highest BCUT2D eigenvalue weighted by molar-refractivity contribution is 7.92. The first-order valence-electron chi connectivity index (χ1n) is 4.73. The molecular weight excluding hydrogens is 188 g/mol. The van der Waals surface area contributed by atoms with Crippen molar-refractivity contribution in [1.29, 1.82) is 0 Å². The summed E-state index contributed by atoms with van der Waals surface area (Å²) < 4.78 is 28.0. The first-order chi connectivity index (χ1) is 5.89. The van der Waals surface area contributed by atoms with Gasteiger partial charge in [-0.1, -0.05) is 0 Å². The maximum atomic E-state index is 11.6. The lowest BCUT2D eigenvalue weighted by Crippen LogP contribution is -2.43. The summed E-state index contributed by atoms with van der Waals surface area (Å²) in [5.41, 5.74) is 0. The normalized spacial score (nSPS) is 31.5. The summed E-state index contributed by atoms with van der Waals surface area (Å²) in [6, 6.07) is 0. The van der Waals surface area contributed by atoms with Crippen molar-refractivity contribution >= 4 is 9.84 Å². The van der Waals surface area contributed by atoms with E-state index in [1.807, 2.05) is 6.92 Å². The third kappa shape index (κ3) is 2.23. The zero-order valence-corrected chi connectivity index (χ0v) is 9.36. The van der Waals surface area contributed by atoms with Crippen LogP contribution in [0.3, 0.4) is 0 Å². The number of rotatable bonds is 2. The van der Waals surface area contributed by atoms with Crippen molar-refractivity contribution in [2.45, 2.75) is 44.5 Å². The Balaban J connectivity index is 2.71. The summed E-state index contributed by atoms with van der Waals surface area (Å²) >= 11 is 0. The predicted octanol–water partition coefficient (Wildman–Crippen LogP) is 1.38. The minimum atomic E-state index is -2.89. The van der Waals surface area contributed by atoms with Crippen LogP contribution in [0.15, 0.2) is 0 Å². The molecule has 1 aliphatic rings. The fourth-order valence-electron chi connectivity index (χ4n) is 1.72. The van der Waals surface area contributed by atoms with Crippen molar-refractivity contribution in [3.8, 4) is 0 Å². The quantitative estimate of drug-likeness (QED) is 0.685. The molecular formula is C9H18O3S. The molecule has 0 aromatic heterocycles. The van der Waals surface area contributed by atoms with Gasteiger partial charge in [0, 0.05) is 6.61 Å². The Morgan fingerprint density at radius 1 is 1.46 bits per heavy atom. The highest BCUT2D eigenvalue weighted by Gasteiger charge is 2.40. The van der Waals surface area contributed by atoms with E-state index >= 15 is 0 Å². The van der Waals surface area contributed by atoms with E-state index < -0.39 is 14.6 Å². The van der Waals surface area contributed by atoms with Gasteiger partial charge in [-0.15, -0.1) is 0 Å². The van der Waals surface area contributed by atoms with Crippen LogP contribution in [0.1, 0.15) is 33.6 Å². The molecule has 0 aliphatic carbocycles. The Labute approximate surface area is 80.4 Å². The van der Waals surface area contributed by atoms with Crippen molar-refractivity contribution in [1.82, 2.24) is 0 Å². The summed E-state index contributed by atoms with van der Waals surface area (Å²) in [6.07, 6.45) is 1.41. The van der Waals surface area contributed by atoms with Crippen LogP contribution in [0.2, 0.25) is 0 Å². The second kappa shape index (κ2) is 3.58. The average molecular weight is 206 g/mol. The van der Waals surface area contributed by atoms with Crippen LogP contribution in [0.4, 0.5) is 0 Å². The molecule has 0 aromatic carbocycles. The van der Waals surface area contributed by atoms with Crippen molar-refractivity contribution < 1.29 is 13.2 Å². The van der Waals surface area contributed by atoms with Crippen LogP contribution in [-0.4, -0.2) is 31.6 Å². The summed E-state index contributed by atoms with van der Waals surface area (Å²) in [5, 5.41) is 0. The molecule has 0 spiro atoms. The van der Waals surface area contributed by atoms with Crippen LogP contribution in [-0.2, 0) is 14.6 Å². The highest BCUT2D eigenvalue weighted by Crippen LogP contribution is 2.31. The molecule has 0 aromatic rings. The maximum absolute atomic E-state index is 11.6. The predicted molar refractivity (Wildman–Crippen MR) is 52.5 cm³/mol. The first-order valence-corrected chi connectivity index (χ1v) is 6.38. The molecule has 1 rings (SSSR count). The van der Waals surface area contributed by atoms with E-state index in [2.05, 4.69) is 0 Å². The Bertz CT molecular complexity index is 267. The van der Waals surface area contributed by atoms with Crippen LogP contribution in [0.25, 0.3) is 0 Å². The van der Waals surface area contributed by atoms with Gasteiger partial charge < -0.3 is 4.74 Å². The summed E-state index contributed by atoms with van der Waals surface area (Å²) in [7, 11) is -2.89. The lowest BCUT2D eigenvalue weighted by Gasteiger charge is -2.34. The van der Waals surface area contributed by atoms with Gasteiger partial charge in [-0.05, 0) is 33.6 Å². The molecule has 1 aliphatic heterocycles. The Morgan fingerprint density at radius 2 is 2.08 bits per heavy atom. The van der Waals surface area contributed by atoms with Crippen LogP contribution in [0.5, 0.6) is 0 Å². The minimum Gasteiger partial charge on any atom is -0.378 e. The Morgan fingerprint density at radius 3 is 2.54 bits per heavy atom. The molecule has 1 atom stereocenters. The van der Waals surface area contributed by atoms with Gasteiger partial charge in [0.15, 0.2) is 9.84 Å². The molecule has 4 heteroatoms. The van der Waals surface area contributed by atoms with E-state index in [1.54, 1.807) is 13.8 Å². The molecule has 78 valence electrons. The summed E-state index contributed by atoms with van der Waals surface area (Å²) in [4.78, 5) is 0. The van der Waals surface area contributed by atoms with Crippen molar-refractivity contribution in [2.24, 2.45) is 0 Å². The fraction of sp³-hybridized carbons (Fsp3) is 1.00. The smallest absolute Gasteiger partial charge is 0.155 e. The van der Waals surface area contributed by atoms with Gasteiger partial charge >= 0.3 is 0 Å². The van der Waals surface area contributed by atoms with Gasteiger partial charge in [0.2, 0.25) is 0 Å². The van der Waals surface area contributed by atoms with Gasteiger partial charge in [0.05, 0.1) is 16.6 Å². The zero-order chi connectivity index (χ0) is 10.1. The van der Waals surface area contributed by atoms with Gasteiger partial charge in [-0.2, -0.15) is 0 Å². The monoisotopic (exact) mass is 206 g/mol. The van der Waals surface area contributed by atoms with Crippen molar-refractivity contribution in [2.75, 3.05) is 12.4 Å². The van der Waals surface area contributed by atoms with E-state index in [0.717, 1.165) is 0 Å². The van der Waals surface area contributed by atoms with Crippen molar-refractivity contribution in [3.63, 3.8) is 0 Å². The Kier molecular flexibility index (Phi) is 3.02. The second-order valence-corrected chi connectivity index (χ2v) is 6.89. The van der Waals surface area contributed by atoms with Crippen LogP contribution >= 0.6 is 0 Å². The van der Waals surface area contributed by atoms with Crippen LogP contribution < -0.4 is 0 Å². The molecule has 0 saturated carbocycles. The lowest BCUT2D eigenvalue weighted by atomic mass is 10.0. The number of hydrogen-bond donors (Lipinski definition) is 0. The summed E-state index contributed by atoms with van der Waals surface area (Å²) in [6.45, 7) is 6.18. The van der Waals surface area contributed by atoms with Gasteiger partial charge in [0.1, 0.15) is 0 Å². The maximum Gasteiger partial charge on any atom is 0.155 e. The van der Waals surface area contributed by atoms with E-state index in [0.29, 0.717) is 19.4 Å². The molecule has 0 amide bonds. The number of hydrogen-bond acceptors (Lipinski definition) is 3. The van der Waals surface area contributed by atoms with Crippen LogP contribution in [0, 0.1) is 0 Å². The first kappa shape index (κ1) is 11.0. The molecule has 0 N–H and O–H groups in total. The van der Waals surface area contributed by atoms with Gasteiger partial charge in [-0.25, -0.2) is 8.42 Å². The second-order valence-electron chi connectivity index (χ2n) is 4.15. The zero-order valence-electron chi connectivity index (χ0n) is 8.54. The largest absolute Gasteiger partial charge is 0.378 e. The highest BCUT2D eigenvalue weighted by atomic mass is 32.2. The van der Waals surface area contributed by atoms with Gasteiger partial charge in [0.25, 0.3) is 0 Å². The fourth-order valence-corrected chi connectivity index (χ4v) is 3.28. The third-order valence-electron chi connectivity index (χ3n) is 2.67. The number of sulfone groups is 1. The molecule has 0 bridgehead atoms. The van der Waals surface area contributed by atoms with E-state index in [-0.39, 0.29) is 11.9 Å². The minimum absolute atomic E-state index is 0.128. The molecule has 1 fully saturated rings. The molecule has 1 saturated heterocycles. The van der Waals surface area contributed by atoms with E-state index in [9.17, 15) is 8.42 Å². The molecule has 0 radical (unpaired) electrons.